The van der Waals surface area contributed by atoms with Crippen LogP contribution in [0.2, 0.25) is 5.02 Å². The van der Waals surface area contributed by atoms with Crippen molar-refractivity contribution in [2.75, 3.05) is 13.2 Å². The molecule has 0 bridgehead atoms. The third-order valence-corrected chi connectivity index (χ3v) is 3.29. The van der Waals surface area contributed by atoms with Crippen LogP contribution in [0.5, 0.6) is 5.75 Å². The van der Waals surface area contributed by atoms with E-state index in [0.717, 1.165) is 30.6 Å². The molecule has 21 heavy (non-hydrogen) atoms. The smallest absolute Gasteiger partial charge is 0.305 e. The van der Waals surface area contributed by atoms with Crippen LogP contribution in [-0.2, 0) is 9.53 Å². The lowest BCUT2D eigenvalue weighted by molar-refractivity contribution is -0.143. The Morgan fingerprint density at radius 3 is 2.76 bits per heavy atom. The number of hydrogen-bond acceptors (Lipinski definition) is 4. The third-order valence-electron chi connectivity index (χ3n) is 3.05. The van der Waals surface area contributed by atoms with Crippen molar-refractivity contribution < 1.29 is 14.3 Å². The summed E-state index contributed by atoms with van der Waals surface area (Å²) in [6.07, 6.45) is 3.11. The average molecular weight is 314 g/mol. The maximum absolute atomic E-state index is 11.2. The Hall–Kier alpha value is -1.26. The number of carbonyl (C=O) groups excluding carboxylic acids is 1. The molecule has 1 aromatic carbocycles. The molecule has 1 rings (SSSR count). The van der Waals surface area contributed by atoms with E-state index < -0.39 is 0 Å². The molecular formula is C16H24ClNO3. The van der Waals surface area contributed by atoms with Crippen LogP contribution in [0.4, 0.5) is 0 Å². The molecule has 118 valence electrons. The van der Waals surface area contributed by atoms with Gasteiger partial charge in [-0.25, -0.2) is 0 Å². The van der Waals surface area contributed by atoms with Crippen molar-refractivity contribution >= 4 is 17.6 Å². The van der Waals surface area contributed by atoms with Crippen LogP contribution >= 0.6 is 11.6 Å². The van der Waals surface area contributed by atoms with Gasteiger partial charge in [0.25, 0.3) is 0 Å². The molecular weight excluding hydrogens is 290 g/mol. The van der Waals surface area contributed by atoms with Gasteiger partial charge in [0.1, 0.15) is 5.75 Å². The zero-order valence-electron chi connectivity index (χ0n) is 12.7. The minimum absolute atomic E-state index is 0.123. The number of halogens is 1. The van der Waals surface area contributed by atoms with E-state index in [-0.39, 0.29) is 12.0 Å². The van der Waals surface area contributed by atoms with Crippen molar-refractivity contribution in [1.82, 2.24) is 0 Å². The summed E-state index contributed by atoms with van der Waals surface area (Å²) in [6.45, 7) is 4.76. The molecule has 0 unspecified atom stereocenters. The van der Waals surface area contributed by atoms with Crippen LogP contribution in [0.25, 0.3) is 0 Å². The minimum Gasteiger partial charge on any atom is -0.493 e. The van der Waals surface area contributed by atoms with E-state index in [0.29, 0.717) is 24.7 Å². The Balaban J connectivity index is 2.28. The molecule has 5 heteroatoms. The van der Waals surface area contributed by atoms with Gasteiger partial charge < -0.3 is 15.2 Å². The fourth-order valence-electron chi connectivity index (χ4n) is 1.97. The van der Waals surface area contributed by atoms with Crippen LogP contribution in [-0.4, -0.2) is 19.2 Å². The Labute approximate surface area is 131 Å². The number of unbranched alkanes of at least 4 members (excludes halogenated alkanes) is 2. The van der Waals surface area contributed by atoms with Crippen LogP contribution in [0.1, 0.15) is 51.1 Å². The van der Waals surface area contributed by atoms with Gasteiger partial charge in [-0.05, 0) is 51.3 Å². The first-order chi connectivity index (χ1) is 10.0. The van der Waals surface area contributed by atoms with Gasteiger partial charge in [0.05, 0.1) is 13.2 Å². The highest BCUT2D eigenvalue weighted by molar-refractivity contribution is 6.30. The Kier molecular flexibility index (Phi) is 8.16. The first-order valence-electron chi connectivity index (χ1n) is 7.38. The maximum atomic E-state index is 11.2. The molecule has 0 aliphatic carbocycles. The van der Waals surface area contributed by atoms with E-state index in [9.17, 15) is 4.79 Å². The highest BCUT2D eigenvalue weighted by Gasteiger charge is 2.09. The van der Waals surface area contributed by atoms with Crippen molar-refractivity contribution in [2.24, 2.45) is 5.73 Å². The number of nitrogens with two attached hydrogens (primary N) is 1. The molecule has 0 aromatic heterocycles. The van der Waals surface area contributed by atoms with E-state index in [1.54, 1.807) is 6.07 Å². The average Bonchev–Trinajstić information content (AvgIpc) is 2.44. The second-order valence-electron chi connectivity index (χ2n) is 4.93. The summed E-state index contributed by atoms with van der Waals surface area (Å²) in [4.78, 5) is 11.2. The molecule has 0 amide bonds. The first kappa shape index (κ1) is 17.8. The number of ether oxygens (including phenoxy) is 2. The number of benzene rings is 1. The Bertz CT molecular complexity index is 449. The van der Waals surface area contributed by atoms with E-state index in [1.165, 1.54) is 0 Å². The van der Waals surface area contributed by atoms with E-state index in [4.69, 9.17) is 26.8 Å². The summed E-state index contributed by atoms with van der Waals surface area (Å²) in [5.74, 6) is 0.648. The molecule has 0 spiro atoms. The number of carbonyl (C=O) groups is 1. The zero-order chi connectivity index (χ0) is 15.7. The number of esters is 1. The van der Waals surface area contributed by atoms with Gasteiger partial charge >= 0.3 is 5.97 Å². The van der Waals surface area contributed by atoms with Crippen molar-refractivity contribution in [2.45, 2.75) is 45.6 Å². The monoisotopic (exact) mass is 313 g/mol. The molecule has 2 N–H and O–H groups in total. The summed E-state index contributed by atoms with van der Waals surface area (Å²) >= 11 is 5.96. The Morgan fingerprint density at radius 1 is 1.33 bits per heavy atom. The number of hydrogen-bond donors (Lipinski definition) is 1. The van der Waals surface area contributed by atoms with Gasteiger partial charge in [0, 0.05) is 23.0 Å². The van der Waals surface area contributed by atoms with Gasteiger partial charge in [0.15, 0.2) is 0 Å². The molecule has 0 aliphatic rings. The Morgan fingerprint density at radius 2 is 2.10 bits per heavy atom. The van der Waals surface area contributed by atoms with Gasteiger partial charge in [-0.3, -0.25) is 4.79 Å². The summed E-state index contributed by atoms with van der Waals surface area (Å²) in [5, 5.41) is 0.657. The maximum Gasteiger partial charge on any atom is 0.305 e. The van der Waals surface area contributed by atoms with E-state index in [2.05, 4.69) is 0 Å². The largest absolute Gasteiger partial charge is 0.493 e. The SMILES string of the molecule is CCOC(=O)CCCCCOc1ccc(Cl)cc1[C@@H](C)N. The molecule has 1 atom stereocenters. The summed E-state index contributed by atoms with van der Waals surface area (Å²) in [6, 6.07) is 5.35. The summed E-state index contributed by atoms with van der Waals surface area (Å²) < 4.78 is 10.6. The number of rotatable bonds is 9. The fourth-order valence-corrected chi connectivity index (χ4v) is 2.15. The lowest BCUT2D eigenvalue weighted by Gasteiger charge is -2.14. The zero-order valence-corrected chi connectivity index (χ0v) is 13.5. The predicted octanol–water partition coefficient (Wildman–Crippen LogP) is 3.86. The highest BCUT2D eigenvalue weighted by atomic mass is 35.5. The van der Waals surface area contributed by atoms with Gasteiger partial charge in [-0.1, -0.05) is 11.6 Å². The van der Waals surface area contributed by atoms with Crippen LogP contribution < -0.4 is 10.5 Å². The van der Waals surface area contributed by atoms with Crippen molar-refractivity contribution in [3.63, 3.8) is 0 Å². The predicted molar refractivity (Wildman–Crippen MR) is 84.7 cm³/mol. The second kappa shape index (κ2) is 9.64. The molecule has 0 heterocycles. The molecule has 4 nitrogen and oxygen atoms in total. The lowest BCUT2D eigenvalue weighted by atomic mass is 10.1. The van der Waals surface area contributed by atoms with E-state index in [1.807, 2.05) is 26.0 Å². The fraction of sp³-hybridized carbons (Fsp3) is 0.562. The van der Waals surface area contributed by atoms with Crippen LogP contribution in [0.3, 0.4) is 0 Å². The summed E-state index contributed by atoms with van der Waals surface area (Å²) in [7, 11) is 0. The topological polar surface area (TPSA) is 61.5 Å². The first-order valence-corrected chi connectivity index (χ1v) is 7.75. The molecule has 1 aromatic rings. The van der Waals surface area contributed by atoms with Crippen molar-refractivity contribution in [3.05, 3.63) is 28.8 Å². The quantitative estimate of drug-likeness (QED) is 0.555. The minimum atomic E-state index is -0.129. The molecule has 0 radical (unpaired) electrons. The molecule has 0 aliphatic heterocycles. The van der Waals surface area contributed by atoms with Gasteiger partial charge in [-0.2, -0.15) is 0 Å². The van der Waals surface area contributed by atoms with Gasteiger partial charge in [0.2, 0.25) is 0 Å². The van der Waals surface area contributed by atoms with Crippen molar-refractivity contribution in [1.29, 1.82) is 0 Å². The van der Waals surface area contributed by atoms with Crippen molar-refractivity contribution in [3.8, 4) is 5.75 Å². The molecule has 0 saturated carbocycles. The van der Waals surface area contributed by atoms with E-state index >= 15 is 0 Å². The molecule has 0 fully saturated rings. The second-order valence-corrected chi connectivity index (χ2v) is 5.37. The lowest BCUT2D eigenvalue weighted by Crippen LogP contribution is -2.09. The van der Waals surface area contributed by atoms with Gasteiger partial charge in [-0.15, -0.1) is 0 Å². The standard InChI is InChI=1S/C16H24ClNO3/c1-3-20-16(19)7-5-4-6-10-21-15-9-8-13(17)11-14(15)12(2)18/h8-9,11-12H,3-7,10,18H2,1-2H3/t12-/m1/s1. The van der Waals surface area contributed by atoms with Crippen LogP contribution in [0, 0.1) is 0 Å². The third kappa shape index (κ3) is 6.82. The highest BCUT2D eigenvalue weighted by Crippen LogP contribution is 2.27. The molecule has 0 saturated heterocycles. The normalized spacial score (nSPS) is 12.0. The summed E-state index contributed by atoms with van der Waals surface area (Å²) in [5.41, 5.74) is 6.82. The van der Waals surface area contributed by atoms with Crippen LogP contribution in [0.15, 0.2) is 18.2 Å².